The minimum absolute atomic E-state index is 0.0323. The van der Waals surface area contributed by atoms with Crippen molar-refractivity contribution in [3.63, 3.8) is 0 Å². The molecule has 0 atom stereocenters. The zero-order valence-electron chi connectivity index (χ0n) is 20.5. The van der Waals surface area contributed by atoms with Gasteiger partial charge >= 0.3 is 12.6 Å². The molecule has 1 aliphatic rings. The lowest BCUT2D eigenvalue weighted by atomic mass is 10.0. The molecule has 0 saturated carbocycles. The zero-order chi connectivity index (χ0) is 25.4. The highest BCUT2D eigenvalue weighted by atomic mass is 19.3. The maximum absolute atomic E-state index is 13.7. The number of carbonyl (C=O) groups excluding carboxylic acids is 1. The highest BCUT2D eigenvalue weighted by Crippen LogP contribution is 2.26. The molecule has 2 amide bonds. The molecule has 1 heterocycles. The number of rotatable bonds is 10. The zero-order valence-corrected chi connectivity index (χ0v) is 20.5. The van der Waals surface area contributed by atoms with Crippen LogP contribution in [0.2, 0.25) is 0 Å². The molecule has 0 aliphatic carbocycles. The third kappa shape index (κ3) is 8.35. The fourth-order valence-electron chi connectivity index (χ4n) is 3.97. The number of nitrogens with zero attached hydrogens (tertiary/aromatic N) is 2. The monoisotopic (exact) mass is 493 g/mol. The smallest absolute Gasteiger partial charge is 0.387 e. The van der Waals surface area contributed by atoms with E-state index in [0.29, 0.717) is 24.6 Å². The van der Waals surface area contributed by atoms with Gasteiger partial charge in [-0.2, -0.15) is 8.78 Å². The van der Waals surface area contributed by atoms with Crippen molar-refractivity contribution in [2.24, 2.45) is 5.92 Å². The molecule has 1 aliphatic heterocycles. The Morgan fingerprint density at radius 3 is 2.46 bits per heavy atom. The molecule has 2 aromatic rings. The summed E-state index contributed by atoms with van der Waals surface area (Å²) in [6.07, 6.45) is 1.50. The van der Waals surface area contributed by atoms with Gasteiger partial charge in [0.2, 0.25) is 0 Å². The number of benzene rings is 2. The molecular weight excluding hydrogens is 459 g/mol. The summed E-state index contributed by atoms with van der Waals surface area (Å²) in [5.41, 5.74) is 1.23. The molecule has 35 heavy (non-hydrogen) atoms. The maximum Gasteiger partial charge on any atom is 0.387 e. The van der Waals surface area contributed by atoms with E-state index < -0.39 is 12.4 Å². The summed E-state index contributed by atoms with van der Waals surface area (Å²) in [4.78, 5) is 17.1. The van der Waals surface area contributed by atoms with Crippen LogP contribution in [0.1, 0.15) is 37.8 Å². The molecule has 0 aromatic heterocycles. The van der Waals surface area contributed by atoms with Crippen molar-refractivity contribution < 1.29 is 27.4 Å². The number of hydrogen-bond acceptors (Lipinski definition) is 4. The average molecular weight is 494 g/mol. The molecule has 0 unspecified atom stereocenters. The summed E-state index contributed by atoms with van der Waals surface area (Å²) in [6.45, 7) is 3.66. The summed E-state index contributed by atoms with van der Waals surface area (Å²) in [7, 11) is 2.02. The minimum Gasteiger partial charge on any atom is -0.493 e. The normalized spacial score (nSPS) is 14.9. The van der Waals surface area contributed by atoms with Crippen molar-refractivity contribution in [1.82, 2.24) is 15.1 Å². The number of ether oxygens (including phenoxy) is 2. The maximum atomic E-state index is 13.7. The van der Waals surface area contributed by atoms with Crippen molar-refractivity contribution in [2.75, 3.05) is 26.7 Å². The molecule has 0 radical (unpaired) electrons. The number of amides is 2. The van der Waals surface area contributed by atoms with Gasteiger partial charge in [0.05, 0.1) is 13.2 Å². The van der Waals surface area contributed by atoms with Gasteiger partial charge < -0.3 is 24.6 Å². The first-order valence-corrected chi connectivity index (χ1v) is 11.9. The van der Waals surface area contributed by atoms with Crippen LogP contribution in [0.15, 0.2) is 42.5 Å². The number of nitrogens with one attached hydrogen (secondary N) is 1. The SMILES string of the molecule is CC(C)COc1ccc(CNC(=O)N(Cc2ccc(F)cc2OC(F)F)C2CCN(C)CC2)cc1. The van der Waals surface area contributed by atoms with Gasteiger partial charge in [-0.05, 0) is 62.7 Å². The second-order valence-corrected chi connectivity index (χ2v) is 9.30. The van der Waals surface area contributed by atoms with E-state index in [-0.39, 0.29) is 24.4 Å². The molecule has 1 N–H and O–H groups in total. The number of likely N-dealkylation sites (tertiary alicyclic amines) is 1. The van der Waals surface area contributed by atoms with Gasteiger partial charge in [-0.1, -0.05) is 32.0 Å². The topological polar surface area (TPSA) is 54.0 Å². The Morgan fingerprint density at radius 1 is 1.14 bits per heavy atom. The fraction of sp³-hybridized carbons (Fsp3) is 0.500. The van der Waals surface area contributed by atoms with Crippen LogP contribution in [0.5, 0.6) is 11.5 Å². The quantitative estimate of drug-likeness (QED) is 0.490. The summed E-state index contributed by atoms with van der Waals surface area (Å²) in [5.74, 6) is 0.250. The Balaban J connectivity index is 1.71. The van der Waals surface area contributed by atoms with Crippen LogP contribution in [0.3, 0.4) is 0 Å². The van der Waals surface area contributed by atoms with Crippen LogP contribution >= 0.6 is 0 Å². The third-order valence-corrected chi connectivity index (χ3v) is 5.93. The van der Waals surface area contributed by atoms with Crippen LogP contribution in [-0.4, -0.2) is 55.2 Å². The highest BCUT2D eigenvalue weighted by molar-refractivity contribution is 5.74. The van der Waals surface area contributed by atoms with Gasteiger partial charge in [0.1, 0.15) is 17.3 Å². The molecule has 1 saturated heterocycles. The molecule has 9 heteroatoms. The lowest BCUT2D eigenvalue weighted by molar-refractivity contribution is -0.0509. The summed E-state index contributed by atoms with van der Waals surface area (Å²) in [6, 6.07) is 10.6. The van der Waals surface area contributed by atoms with Crippen molar-refractivity contribution in [3.8, 4) is 11.5 Å². The number of piperidine rings is 1. The van der Waals surface area contributed by atoms with Crippen LogP contribution in [-0.2, 0) is 13.1 Å². The van der Waals surface area contributed by atoms with Gasteiger partial charge in [-0.15, -0.1) is 0 Å². The Morgan fingerprint density at radius 2 is 1.83 bits per heavy atom. The van der Waals surface area contributed by atoms with Gasteiger partial charge in [0.25, 0.3) is 0 Å². The number of alkyl halides is 2. The van der Waals surface area contributed by atoms with Crippen LogP contribution in [0.4, 0.5) is 18.0 Å². The first-order chi connectivity index (χ1) is 16.7. The second kappa shape index (κ2) is 12.7. The number of urea groups is 1. The van der Waals surface area contributed by atoms with Crippen molar-refractivity contribution in [1.29, 1.82) is 0 Å². The Hall–Kier alpha value is -2.94. The van der Waals surface area contributed by atoms with Crippen LogP contribution in [0, 0.1) is 11.7 Å². The predicted molar refractivity (Wildman–Crippen MR) is 128 cm³/mol. The lowest BCUT2D eigenvalue weighted by Crippen LogP contribution is -2.49. The predicted octanol–water partition coefficient (Wildman–Crippen LogP) is 5.27. The molecule has 1 fully saturated rings. The van der Waals surface area contributed by atoms with E-state index >= 15 is 0 Å². The van der Waals surface area contributed by atoms with Gasteiger partial charge in [-0.25, -0.2) is 9.18 Å². The van der Waals surface area contributed by atoms with E-state index in [1.165, 1.54) is 12.1 Å². The van der Waals surface area contributed by atoms with E-state index in [4.69, 9.17) is 4.74 Å². The first-order valence-electron chi connectivity index (χ1n) is 11.9. The minimum atomic E-state index is -3.09. The molecule has 192 valence electrons. The summed E-state index contributed by atoms with van der Waals surface area (Å²) >= 11 is 0. The van der Waals surface area contributed by atoms with Gasteiger partial charge in [0, 0.05) is 24.2 Å². The fourth-order valence-corrected chi connectivity index (χ4v) is 3.97. The van der Waals surface area contributed by atoms with Crippen LogP contribution in [0.25, 0.3) is 0 Å². The first kappa shape index (κ1) is 26.7. The van der Waals surface area contributed by atoms with Gasteiger partial charge in [0.15, 0.2) is 0 Å². The standard InChI is InChI=1S/C26H34F3N3O3/c1-18(2)17-34-23-8-4-19(5-9-23)15-30-26(33)32(22-10-12-31(3)13-11-22)16-20-6-7-21(27)14-24(20)35-25(28)29/h4-9,14,18,22,25H,10-13,15-17H2,1-3H3,(H,30,33). The van der Waals surface area contributed by atoms with E-state index in [9.17, 15) is 18.0 Å². The lowest BCUT2D eigenvalue weighted by Gasteiger charge is -2.37. The third-order valence-electron chi connectivity index (χ3n) is 5.93. The Bertz CT molecular complexity index is 949. The van der Waals surface area contributed by atoms with Crippen LogP contribution < -0.4 is 14.8 Å². The number of halogens is 3. The largest absolute Gasteiger partial charge is 0.493 e. The molecule has 0 spiro atoms. The highest BCUT2D eigenvalue weighted by Gasteiger charge is 2.28. The van der Waals surface area contributed by atoms with E-state index in [0.717, 1.165) is 43.3 Å². The summed E-state index contributed by atoms with van der Waals surface area (Å²) in [5, 5.41) is 2.94. The van der Waals surface area contributed by atoms with Gasteiger partial charge in [-0.3, -0.25) is 0 Å². The summed E-state index contributed by atoms with van der Waals surface area (Å²) < 4.78 is 49.7. The number of hydrogen-bond donors (Lipinski definition) is 1. The average Bonchev–Trinajstić information content (AvgIpc) is 2.82. The Kier molecular flexibility index (Phi) is 9.65. The van der Waals surface area contributed by atoms with Crippen molar-refractivity contribution >= 4 is 6.03 Å². The molecule has 3 rings (SSSR count). The number of carbonyl (C=O) groups is 1. The second-order valence-electron chi connectivity index (χ2n) is 9.30. The Labute approximate surface area is 205 Å². The molecule has 6 nitrogen and oxygen atoms in total. The van der Waals surface area contributed by atoms with E-state index in [1.54, 1.807) is 4.90 Å². The van der Waals surface area contributed by atoms with E-state index in [1.807, 2.05) is 31.3 Å². The molecule has 0 bridgehead atoms. The van der Waals surface area contributed by atoms with Crippen molar-refractivity contribution in [3.05, 3.63) is 59.4 Å². The van der Waals surface area contributed by atoms with Crippen molar-refractivity contribution in [2.45, 2.75) is 52.4 Å². The molecular formula is C26H34F3N3O3. The van der Waals surface area contributed by atoms with E-state index in [2.05, 4.69) is 28.8 Å². The molecule has 2 aromatic carbocycles.